The van der Waals surface area contributed by atoms with Crippen LogP contribution in [0.25, 0.3) is 28.4 Å². The van der Waals surface area contributed by atoms with Crippen LogP contribution < -0.4 is 10.2 Å². The summed E-state index contributed by atoms with van der Waals surface area (Å²) in [6, 6.07) is 13.2. The second-order valence-corrected chi connectivity index (χ2v) is 12.5. The molecule has 0 aliphatic carbocycles. The fraction of sp³-hybridized carbons (Fsp3) is 0.333. The zero-order valence-electron chi connectivity index (χ0n) is 27.7. The monoisotopic (exact) mass is 740 g/mol. The van der Waals surface area contributed by atoms with Crippen molar-refractivity contribution in [3.05, 3.63) is 82.5 Å². The van der Waals surface area contributed by atoms with Crippen molar-refractivity contribution in [3.8, 4) is 40.1 Å². The molecule has 3 heterocycles. The maximum Gasteiger partial charge on any atom is 0.330 e. The van der Waals surface area contributed by atoms with E-state index in [0.29, 0.717) is 5.56 Å². The van der Waals surface area contributed by atoms with E-state index in [9.17, 15) is 55.5 Å². The Balaban J connectivity index is 1.27. The van der Waals surface area contributed by atoms with Crippen molar-refractivity contribution >= 4 is 23.0 Å². The van der Waals surface area contributed by atoms with Crippen molar-refractivity contribution in [2.24, 2.45) is 0 Å². The molecule has 2 aliphatic heterocycles. The molecule has 2 saturated heterocycles. The number of phenols is 4. The van der Waals surface area contributed by atoms with E-state index in [-0.39, 0.29) is 28.4 Å². The Kier molecular flexibility index (Phi) is 10.9. The van der Waals surface area contributed by atoms with Crippen LogP contribution in [0.15, 0.2) is 76.0 Å². The number of esters is 1. The molecule has 0 unspecified atom stereocenters. The minimum atomic E-state index is -1.97. The van der Waals surface area contributed by atoms with Crippen LogP contribution in [-0.2, 0) is 23.7 Å². The van der Waals surface area contributed by atoms with Gasteiger partial charge >= 0.3 is 5.97 Å². The largest absolute Gasteiger partial charge is 0.508 e. The van der Waals surface area contributed by atoms with Gasteiger partial charge in [-0.25, -0.2) is 4.79 Å². The summed E-state index contributed by atoms with van der Waals surface area (Å²) in [6.07, 6.45) is -14.8. The molecule has 10 atom stereocenters. The molecular weight excluding hydrogens is 704 g/mol. The molecule has 2 fully saturated rings. The number of hydrogen-bond donors (Lipinski definition) is 9. The second-order valence-electron chi connectivity index (χ2n) is 12.5. The van der Waals surface area contributed by atoms with Crippen LogP contribution >= 0.6 is 0 Å². The fourth-order valence-corrected chi connectivity index (χ4v) is 5.82. The summed E-state index contributed by atoms with van der Waals surface area (Å²) in [5.41, 5.74) is -0.454. The van der Waals surface area contributed by atoms with Gasteiger partial charge in [0.2, 0.25) is 17.5 Å². The van der Waals surface area contributed by atoms with Gasteiger partial charge in [-0.05, 0) is 55.0 Å². The van der Waals surface area contributed by atoms with E-state index in [1.165, 1.54) is 49.4 Å². The van der Waals surface area contributed by atoms with E-state index < -0.39 is 102 Å². The highest BCUT2D eigenvalue weighted by Gasteiger charge is 2.51. The molecule has 4 aromatic rings. The average Bonchev–Trinajstić information content (AvgIpc) is 3.12. The fourth-order valence-electron chi connectivity index (χ4n) is 5.82. The maximum atomic E-state index is 13.9. The van der Waals surface area contributed by atoms with Crippen LogP contribution in [0.3, 0.4) is 0 Å². The van der Waals surface area contributed by atoms with Crippen molar-refractivity contribution in [2.75, 3.05) is 6.61 Å². The van der Waals surface area contributed by atoms with Crippen LogP contribution in [0, 0.1) is 0 Å². The van der Waals surface area contributed by atoms with E-state index in [0.717, 1.165) is 18.2 Å². The topological polar surface area (TPSA) is 275 Å². The molecule has 2 aliphatic rings. The number of hydrogen-bond acceptors (Lipinski definition) is 17. The number of phenolic OH excluding ortho intramolecular Hbond substituents is 4. The Hall–Kier alpha value is -5.24. The van der Waals surface area contributed by atoms with Crippen LogP contribution in [0.2, 0.25) is 0 Å². The smallest absolute Gasteiger partial charge is 0.330 e. The molecule has 17 heteroatoms. The molecule has 0 bridgehead atoms. The van der Waals surface area contributed by atoms with Gasteiger partial charge in [0.25, 0.3) is 0 Å². The SMILES string of the molecule is C[C@@H]1O[C@@H](Oc2c(-c3ccc(O)cc3)oc3cc(O)cc(O)c3c2=O)[C@H](O[C@@H]2O[C@H](COC(=O)C=Cc3ccc(O)cc3)[C@@H](O)[C@H](O)[C@H]2O)[C@H](O)[C@H]1O. The number of carbonyl (C=O) groups is 1. The van der Waals surface area contributed by atoms with Crippen LogP contribution in [0.5, 0.6) is 28.7 Å². The van der Waals surface area contributed by atoms with Gasteiger partial charge in [0.15, 0.2) is 18.2 Å². The standard InChI is InChI=1S/C36H36O17/c1-15-26(42)30(46)34(53-35-31(47)29(45)27(43)23(51-35)14-48-24(41)11-4-16-2-7-18(37)8-3-16)36(49-15)52-33-28(44)25-21(40)12-20(39)13-22(25)50-32(33)17-5-9-19(38)10-6-17/h2-13,15,23,26-27,29-31,34-40,42-43,45-47H,14H2,1H3/t15-,23+,26-,27+,29-,30+,31+,34+,35-,36-/m0/s1. The van der Waals surface area contributed by atoms with Crippen LogP contribution in [0.4, 0.5) is 0 Å². The van der Waals surface area contributed by atoms with Crippen molar-refractivity contribution in [2.45, 2.75) is 68.3 Å². The Labute approximate surface area is 299 Å². The lowest BCUT2D eigenvalue weighted by molar-refractivity contribution is -0.355. The van der Waals surface area contributed by atoms with Gasteiger partial charge in [0.1, 0.15) is 77.2 Å². The maximum absolute atomic E-state index is 13.9. The first-order valence-corrected chi connectivity index (χ1v) is 16.2. The lowest BCUT2D eigenvalue weighted by Gasteiger charge is -2.45. The summed E-state index contributed by atoms with van der Waals surface area (Å²) in [4.78, 5) is 26.3. The quantitative estimate of drug-likeness (QED) is 0.0838. The number of fused-ring (bicyclic) bond motifs is 1. The van der Waals surface area contributed by atoms with Gasteiger partial charge < -0.3 is 74.1 Å². The molecule has 3 aromatic carbocycles. The molecule has 6 rings (SSSR count). The zero-order valence-corrected chi connectivity index (χ0v) is 27.7. The summed E-state index contributed by atoms with van der Waals surface area (Å²) < 4.78 is 34.3. The third kappa shape index (κ3) is 7.92. The molecule has 0 saturated carbocycles. The van der Waals surface area contributed by atoms with Crippen LogP contribution in [0.1, 0.15) is 12.5 Å². The lowest BCUT2D eigenvalue weighted by Crippen LogP contribution is -2.64. The first kappa shape index (κ1) is 37.5. The summed E-state index contributed by atoms with van der Waals surface area (Å²) in [5, 5.41) is 93.4. The highest BCUT2D eigenvalue weighted by molar-refractivity contribution is 5.88. The Morgan fingerprint density at radius 2 is 1.43 bits per heavy atom. The predicted octanol–water partition coefficient (Wildman–Crippen LogP) is 0.577. The predicted molar refractivity (Wildman–Crippen MR) is 180 cm³/mol. The first-order chi connectivity index (χ1) is 25.2. The van der Waals surface area contributed by atoms with Gasteiger partial charge in [-0.15, -0.1) is 0 Å². The molecule has 282 valence electrons. The van der Waals surface area contributed by atoms with Crippen molar-refractivity contribution in [1.82, 2.24) is 0 Å². The molecule has 0 radical (unpaired) electrons. The van der Waals surface area contributed by atoms with Gasteiger partial charge in [0, 0.05) is 23.8 Å². The molecular formula is C36H36O17. The minimum Gasteiger partial charge on any atom is -0.508 e. The lowest BCUT2D eigenvalue weighted by atomic mass is 9.97. The first-order valence-electron chi connectivity index (χ1n) is 16.2. The molecule has 0 amide bonds. The molecule has 0 spiro atoms. The third-order valence-corrected chi connectivity index (χ3v) is 8.72. The van der Waals surface area contributed by atoms with E-state index in [4.69, 9.17) is 28.1 Å². The van der Waals surface area contributed by atoms with Gasteiger partial charge in [0.05, 0.1) is 6.10 Å². The van der Waals surface area contributed by atoms with Crippen molar-refractivity contribution in [1.29, 1.82) is 0 Å². The summed E-state index contributed by atoms with van der Waals surface area (Å²) in [6.45, 7) is 0.741. The summed E-state index contributed by atoms with van der Waals surface area (Å²) in [7, 11) is 0. The summed E-state index contributed by atoms with van der Waals surface area (Å²) in [5.74, 6) is -2.90. The number of carbonyl (C=O) groups excluding carboxylic acids is 1. The average molecular weight is 741 g/mol. The van der Waals surface area contributed by atoms with E-state index >= 15 is 0 Å². The van der Waals surface area contributed by atoms with Gasteiger partial charge in [-0.1, -0.05) is 12.1 Å². The number of benzene rings is 3. The molecule has 1 aromatic heterocycles. The third-order valence-electron chi connectivity index (χ3n) is 8.72. The highest BCUT2D eigenvalue weighted by Crippen LogP contribution is 2.38. The highest BCUT2D eigenvalue weighted by atomic mass is 16.8. The van der Waals surface area contributed by atoms with E-state index in [2.05, 4.69) is 0 Å². The van der Waals surface area contributed by atoms with Gasteiger partial charge in [-0.3, -0.25) is 4.79 Å². The van der Waals surface area contributed by atoms with E-state index in [1.54, 1.807) is 12.1 Å². The number of aromatic hydroxyl groups is 4. The van der Waals surface area contributed by atoms with E-state index in [1.807, 2.05) is 0 Å². The number of rotatable bonds is 9. The zero-order chi connectivity index (χ0) is 38.1. The Bertz CT molecular complexity index is 2010. The van der Waals surface area contributed by atoms with Crippen molar-refractivity contribution in [3.63, 3.8) is 0 Å². The Morgan fingerprint density at radius 3 is 2.11 bits per heavy atom. The van der Waals surface area contributed by atoms with Crippen molar-refractivity contribution < 1.29 is 78.9 Å². The number of aliphatic hydroxyl groups excluding tert-OH is 5. The number of aliphatic hydroxyl groups is 5. The Morgan fingerprint density at radius 1 is 0.774 bits per heavy atom. The van der Waals surface area contributed by atoms with Gasteiger partial charge in [-0.2, -0.15) is 0 Å². The van der Waals surface area contributed by atoms with Crippen LogP contribution in [-0.4, -0.2) is 120 Å². The normalized spacial score (nSPS) is 28.9. The minimum absolute atomic E-state index is 0.0280. The molecule has 53 heavy (non-hydrogen) atoms. The molecule has 9 N–H and O–H groups in total. The molecule has 17 nitrogen and oxygen atoms in total. The second kappa shape index (κ2) is 15.4. The summed E-state index contributed by atoms with van der Waals surface area (Å²) >= 11 is 0. The number of ether oxygens (including phenoxy) is 5.